The lowest BCUT2D eigenvalue weighted by Gasteiger charge is -2.22. The van der Waals surface area contributed by atoms with Gasteiger partial charge in [-0.05, 0) is 18.6 Å². The monoisotopic (exact) mass is 353 g/mol. The highest BCUT2D eigenvalue weighted by Crippen LogP contribution is 2.14. The Labute approximate surface area is 151 Å². The van der Waals surface area contributed by atoms with Gasteiger partial charge in [0.05, 0.1) is 12.7 Å². The van der Waals surface area contributed by atoms with Gasteiger partial charge in [-0.1, -0.05) is 0 Å². The molecule has 1 saturated heterocycles. The van der Waals surface area contributed by atoms with Crippen molar-refractivity contribution in [3.05, 3.63) is 47.4 Å². The van der Waals surface area contributed by atoms with E-state index in [9.17, 15) is 9.59 Å². The Morgan fingerprint density at radius 3 is 2.58 bits per heavy atom. The number of hydrogen-bond acceptors (Lipinski definition) is 5. The van der Waals surface area contributed by atoms with Gasteiger partial charge in [0.15, 0.2) is 0 Å². The predicted molar refractivity (Wildman–Crippen MR) is 92.7 cm³/mol. The molecule has 0 aliphatic carbocycles. The van der Waals surface area contributed by atoms with Crippen LogP contribution in [0.3, 0.4) is 0 Å². The summed E-state index contributed by atoms with van der Waals surface area (Å²) in [6.07, 6.45) is 3.74. The molecule has 2 aromatic rings. The molecule has 26 heavy (non-hydrogen) atoms. The summed E-state index contributed by atoms with van der Waals surface area (Å²) in [4.78, 5) is 35.6. The summed E-state index contributed by atoms with van der Waals surface area (Å²) in [6, 6.07) is 6.80. The zero-order valence-electron chi connectivity index (χ0n) is 14.4. The first-order valence-corrected chi connectivity index (χ1v) is 8.29. The Bertz CT molecular complexity index is 855. The quantitative estimate of drug-likeness (QED) is 0.895. The van der Waals surface area contributed by atoms with Crippen LogP contribution in [0.2, 0.25) is 0 Å². The van der Waals surface area contributed by atoms with Crippen LogP contribution in [0.4, 0.5) is 0 Å². The Morgan fingerprint density at radius 2 is 1.92 bits per heavy atom. The lowest BCUT2D eigenvalue weighted by molar-refractivity contribution is 0.0716. The number of pyridine rings is 1. The third-order valence-electron chi connectivity index (χ3n) is 4.30. The van der Waals surface area contributed by atoms with Crippen LogP contribution in [0, 0.1) is 11.3 Å². The first-order chi connectivity index (χ1) is 12.6. The van der Waals surface area contributed by atoms with E-state index in [0.717, 1.165) is 0 Å². The maximum Gasteiger partial charge on any atom is 0.270 e. The van der Waals surface area contributed by atoms with Crippen molar-refractivity contribution in [1.29, 1.82) is 5.26 Å². The second-order valence-corrected chi connectivity index (χ2v) is 5.94. The molecule has 1 aliphatic rings. The van der Waals surface area contributed by atoms with Gasteiger partial charge in [0.1, 0.15) is 11.8 Å². The highest BCUT2D eigenvalue weighted by atomic mass is 16.5. The smallest absolute Gasteiger partial charge is 0.270 e. The number of rotatable bonds is 3. The van der Waals surface area contributed by atoms with Gasteiger partial charge in [0.25, 0.3) is 11.8 Å². The molecule has 0 radical (unpaired) electrons. The number of carbonyl (C=O) groups is 2. The van der Waals surface area contributed by atoms with Crippen molar-refractivity contribution in [3.8, 4) is 11.9 Å². The van der Waals surface area contributed by atoms with Crippen LogP contribution in [0.1, 0.15) is 32.8 Å². The van der Waals surface area contributed by atoms with Crippen LogP contribution in [0.15, 0.2) is 30.6 Å². The van der Waals surface area contributed by atoms with Gasteiger partial charge < -0.3 is 19.5 Å². The predicted octanol–water partition coefficient (Wildman–Crippen LogP) is 1.28. The third kappa shape index (κ3) is 3.67. The molecule has 3 rings (SSSR count). The molecule has 8 heteroatoms. The number of hydrogen-bond donors (Lipinski definition) is 1. The Balaban J connectivity index is 1.66. The summed E-state index contributed by atoms with van der Waals surface area (Å²) >= 11 is 0. The summed E-state index contributed by atoms with van der Waals surface area (Å²) in [5.41, 5.74) is 1.33. The van der Waals surface area contributed by atoms with E-state index in [0.29, 0.717) is 55.3 Å². The fraction of sp³-hybridized carbons (Fsp3) is 0.333. The van der Waals surface area contributed by atoms with Gasteiger partial charge in [0.2, 0.25) is 5.88 Å². The number of nitrogens with one attached hydrogen (secondary N) is 1. The molecule has 1 N–H and O–H groups in total. The van der Waals surface area contributed by atoms with E-state index in [2.05, 4.69) is 9.97 Å². The van der Waals surface area contributed by atoms with Crippen molar-refractivity contribution in [3.63, 3.8) is 0 Å². The molecule has 2 amide bonds. The van der Waals surface area contributed by atoms with Crippen molar-refractivity contribution in [2.24, 2.45) is 0 Å². The number of H-pyrrole nitrogens is 1. The topological polar surface area (TPSA) is 102 Å². The van der Waals surface area contributed by atoms with Gasteiger partial charge in [-0.15, -0.1) is 0 Å². The summed E-state index contributed by atoms with van der Waals surface area (Å²) in [6.45, 7) is 2.01. The SMILES string of the molecule is COc1cc(C(=O)N2CCCN(C(=O)c3cc(C#N)c[nH]3)CC2)ccn1. The lowest BCUT2D eigenvalue weighted by atomic mass is 10.2. The second-order valence-electron chi connectivity index (χ2n) is 5.94. The minimum absolute atomic E-state index is 0.105. The zero-order valence-corrected chi connectivity index (χ0v) is 14.4. The fourth-order valence-corrected chi connectivity index (χ4v) is 2.91. The largest absolute Gasteiger partial charge is 0.481 e. The highest BCUT2D eigenvalue weighted by molar-refractivity contribution is 5.95. The van der Waals surface area contributed by atoms with E-state index in [1.807, 2.05) is 6.07 Å². The molecule has 8 nitrogen and oxygen atoms in total. The molecule has 1 aliphatic heterocycles. The maximum absolute atomic E-state index is 12.7. The van der Waals surface area contributed by atoms with E-state index >= 15 is 0 Å². The first kappa shape index (κ1) is 17.5. The van der Waals surface area contributed by atoms with Gasteiger partial charge in [-0.25, -0.2) is 4.98 Å². The first-order valence-electron chi connectivity index (χ1n) is 8.29. The molecule has 1 fully saturated rings. The Morgan fingerprint density at radius 1 is 1.19 bits per heavy atom. The second kappa shape index (κ2) is 7.70. The molecule has 0 bridgehead atoms. The van der Waals surface area contributed by atoms with E-state index in [1.54, 1.807) is 28.0 Å². The van der Waals surface area contributed by atoms with Gasteiger partial charge in [-0.3, -0.25) is 9.59 Å². The lowest BCUT2D eigenvalue weighted by Crippen LogP contribution is -2.37. The molecule has 0 atom stereocenters. The number of nitriles is 1. The normalized spacial score (nSPS) is 14.5. The third-order valence-corrected chi connectivity index (χ3v) is 4.30. The minimum atomic E-state index is -0.161. The molecule has 0 unspecified atom stereocenters. The summed E-state index contributed by atoms with van der Waals surface area (Å²) < 4.78 is 5.06. The maximum atomic E-state index is 12.7. The van der Waals surface area contributed by atoms with Gasteiger partial charge >= 0.3 is 0 Å². The number of carbonyl (C=O) groups excluding carboxylic acids is 2. The molecular formula is C18H19N5O3. The number of ether oxygens (including phenoxy) is 1. The van der Waals surface area contributed by atoms with Gasteiger partial charge in [-0.2, -0.15) is 5.26 Å². The summed E-state index contributed by atoms with van der Waals surface area (Å²) in [7, 11) is 1.50. The van der Waals surface area contributed by atoms with Crippen LogP contribution in [-0.2, 0) is 0 Å². The molecule has 0 aromatic carbocycles. The number of aromatic amines is 1. The number of amides is 2. The van der Waals surface area contributed by atoms with Crippen molar-refractivity contribution in [2.45, 2.75) is 6.42 Å². The van der Waals surface area contributed by atoms with Crippen molar-refractivity contribution in [2.75, 3.05) is 33.3 Å². The summed E-state index contributed by atoms with van der Waals surface area (Å²) in [5.74, 6) is 0.125. The van der Waals surface area contributed by atoms with E-state index in [4.69, 9.17) is 10.00 Å². The molecule has 0 spiro atoms. The molecule has 134 valence electrons. The van der Waals surface area contributed by atoms with Crippen molar-refractivity contribution >= 4 is 11.8 Å². The van der Waals surface area contributed by atoms with E-state index in [-0.39, 0.29) is 11.8 Å². The Hall–Kier alpha value is -3.34. The molecule has 0 saturated carbocycles. The van der Waals surface area contributed by atoms with Crippen LogP contribution in [-0.4, -0.2) is 64.9 Å². The average molecular weight is 353 g/mol. The van der Waals surface area contributed by atoms with Crippen molar-refractivity contribution in [1.82, 2.24) is 19.8 Å². The average Bonchev–Trinajstić information content (AvgIpc) is 3.04. The highest BCUT2D eigenvalue weighted by Gasteiger charge is 2.24. The number of methoxy groups -OCH3 is 1. The summed E-state index contributed by atoms with van der Waals surface area (Å²) in [5, 5.41) is 8.88. The molecule has 2 aromatic heterocycles. The number of aromatic nitrogens is 2. The Kier molecular flexibility index (Phi) is 5.17. The fourth-order valence-electron chi connectivity index (χ4n) is 2.91. The zero-order chi connectivity index (χ0) is 18.5. The molecular weight excluding hydrogens is 334 g/mol. The van der Waals surface area contributed by atoms with Crippen LogP contribution < -0.4 is 4.74 Å². The van der Waals surface area contributed by atoms with E-state index in [1.165, 1.54) is 19.5 Å². The van der Waals surface area contributed by atoms with Crippen LogP contribution in [0.5, 0.6) is 5.88 Å². The van der Waals surface area contributed by atoms with Gasteiger partial charge in [0, 0.05) is 50.2 Å². The number of nitrogens with zero attached hydrogens (tertiary/aromatic N) is 4. The van der Waals surface area contributed by atoms with Crippen LogP contribution in [0.25, 0.3) is 0 Å². The van der Waals surface area contributed by atoms with E-state index < -0.39 is 0 Å². The van der Waals surface area contributed by atoms with Crippen LogP contribution >= 0.6 is 0 Å². The molecule has 3 heterocycles. The minimum Gasteiger partial charge on any atom is -0.481 e. The van der Waals surface area contributed by atoms with Crippen molar-refractivity contribution < 1.29 is 14.3 Å². The standard InChI is InChI=1S/C18H19N5O3/c1-26-16-10-14(3-4-20-16)17(24)22-5-2-6-23(8-7-22)18(25)15-9-13(11-19)12-21-15/h3-4,9-10,12,21H,2,5-8H2,1H3.